The molecule has 0 radical (unpaired) electrons. The average molecular weight is 389 g/mol. The minimum Gasteiger partial charge on any atom is -0.258 e. The van der Waals surface area contributed by atoms with Crippen molar-refractivity contribution in [1.82, 2.24) is 0 Å². The second kappa shape index (κ2) is 5.77. The topological polar surface area (TPSA) is 43.1 Å². The first-order chi connectivity index (χ1) is 8.58. The van der Waals surface area contributed by atoms with E-state index in [-0.39, 0.29) is 10.6 Å². The zero-order chi connectivity index (χ0) is 13.1. The summed E-state index contributed by atoms with van der Waals surface area (Å²) in [6.45, 7) is 0. The lowest BCUT2D eigenvalue weighted by Crippen LogP contribution is -1.96. The monoisotopic (exact) mass is 387 g/mol. The molecular weight excluding hydrogens is 382 g/mol. The van der Waals surface area contributed by atoms with Gasteiger partial charge in [0.1, 0.15) is 0 Å². The number of nitro groups is 1. The summed E-state index contributed by atoms with van der Waals surface area (Å²) in [5.74, 6) is 0. The molecule has 18 heavy (non-hydrogen) atoms. The Morgan fingerprint density at radius 1 is 1.28 bits per heavy atom. The Balaban J connectivity index is 2.46. The van der Waals surface area contributed by atoms with Gasteiger partial charge >= 0.3 is 0 Å². The van der Waals surface area contributed by atoms with Gasteiger partial charge in [-0.1, -0.05) is 18.2 Å². The molecule has 0 aliphatic rings. The Morgan fingerprint density at radius 3 is 2.44 bits per heavy atom. The standard InChI is InChI=1S/C12H7Br2NO2S/c13-10-6-9(18-12(10)14)7-11(15(16)17)8-4-2-1-3-5-8/h1-7H/b11-7+. The third-order valence-electron chi connectivity index (χ3n) is 2.21. The Bertz CT molecular complexity index is 588. The van der Waals surface area contributed by atoms with Crippen LogP contribution in [-0.4, -0.2) is 4.92 Å². The van der Waals surface area contributed by atoms with E-state index in [1.165, 1.54) is 11.3 Å². The smallest absolute Gasteiger partial charge is 0.258 e. The molecule has 92 valence electrons. The zero-order valence-corrected chi connectivity index (χ0v) is 13.0. The molecule has 6 heteroatoms. The first-order valence-corrected chi connectivity index (χ1v) is 7.34. The van der Waals surface area contributed by atoms with E-state index in [9.17, 15) is 10.1 Å². The highest BCUT2D eigenvalue weighted by Crippen LogP contribution is 2.34. The van der Waals surface area contributed by atoms with E-state index in [4.69, 9.17) is 0 Å². The van der Waals surface area contributed by atoms with Crippen LogP contribution in [0.3, 0.4) is 0 Å². The van der Waals surface area contributed by atoms with Crippen LogP contribution in [0.5, 0.6) is 0 Å². The second-order valence-electron chi connectivity index (χ2n) is 3.42. The minimum absolute atomic E-state index is 0.0943. The van der Waals surface area contributed by atoms with Crippen LogP contribution in [0, 0.1) is 10.1 Å². The van der Waals surface area contributed by atoms with Crippen LogP contribution in [0.4, 0.5) is 0 Å². The average Bonchev–Trinajstić information content (AvgIpc) is 2.66. The predicted molar refractivity (Wildman–Crippen MR) is 81.0 cm³/mol. The Labute approximate surface area is 125 Å². The molecule has 2 aromatic rings. The van der Waals surface area contributed by atoms with Crippen LogP contribution in [0.2, 0.25) is 0 Å². The number of nitrogens with zero attached hydrogens (tertiary/aromatic N) is 1. The molecular formula is C12H7Br2NO2S. The molecule has 0 saturated heterocycles. The molecule has 1 aromatic carbocycles. The first kappa shape index (κ1) is 13.5. The molecule has 0 bridgehead atoms. The van der Waals surface area contributed by atoms with Crippen molar-refractivity contribution in [2.45, 2.75) is 0 Å². The second-order valence-corrected chi connectivity index (χ2v) is 6.68. The number of benzene rings is 1. The fourth-order valence-corrected chi connectivity index (χ4v) is 3.45. The Hall–Kier alpha value is -0.980. The lowest BCUT2D eigenvalue weighted by atomic mass is 10.1. The van der Waals surface area contributed by atoms with Crippen molar-refractivity contribution >= 4 is 55.0 Å². The Morgan fingerprint density at radius 2 is 1.94 bits per heavy atom. The lowest BCUT2D eigenvalue weighted by Gasteiger charge is -1.97. The van der Waals surface area contributed by atoms with Crippen molar-refractivity contribution in [3.8, 4) is 0 Å². The summed E-state index contributed by atoms with van der Waals surface area (Å²) in [5.41, 5.74) is 0.694. The fraction of sp³-hybridized carbons (Fsp3) is 0. The molecule has 0 fully saturated rings. The van der Waals surface area contributed by atoms with Crippen LogP contribution < -0.4 is 0 Å². The number of rotatable bonds is 3. The first-order valence-electron chi connectivity index (χ1n) is 4.94. The number of halogens is 2. The molecule has 0 saturated carbocycles. The van der Waals surface area contributed by atoms with E-state index in [0.29, 0.717) is 5.56 Å². The fourth-order valence-electron chi connectivity index (χ4n) is 1.42. The van der Waals surface area contributed by atoms with Gasteiger partial charge in [0, 0.05) is 15.4 Å². The van der Waals surface area contributed by atoms with Gasteiger partial charge in [-0.05, 0) is 50.1 Å². The van der Waals surface area contributed by atoms with Gasteiger partial charge in [-0.3, -0.25) is 10.1 Å². The molecule has 0 N–H and O–H groups in total. The number of hydrogen-bond acceptors (Lipinski definition) is 3. The molecule has 1 aromatic heterocycles. The number of thiophene rings is 1. The minimum atomic E-state index is -0.364. The summed E-state index contributed by atoms with van der Waals surface area (Å²) in [7, 11) is 0. The van der Waals surface area contributed by atoms with Crippen LogP contribution >= 0.6 is 43.2 Å². The van der Waals surface area contributed by atoms with Crippen molar-refractivity contribution in [1.29, 1.82) is 0 Å². The van der Waals surface area contributed by atoms with Gasteiger partial charge in [-0.2, -0.15) is 0 Å². The van der Waals surface area contributed by atoms with Crippen LogP contribution in [-0.2, 0) is 0 Å². The summed E-state index contributed by atoms with van der Waals surface area (Å²) >= 11 is 8.18. The molecule has 3 nitrogen and oxygen atoms in total. The van der Waals surface area contributed by atoms with E-state index in [1.807, 2.05) is 12.1 Å². The van der Waals surface area contributed by atoms with Gasteiger partial charge in [-0.15, -0.1) is 11.3 Å². The van der Waals surface area contributed by atoms with Gasteiger partial charge in [0.2, 0.25) is 0 Å². The molecule has 0 amide bonds. The molecule has 0 spiro atoms. The van der Waals surface area contributed by atoms with E-state index in [2.05, 4.69) is 31.9 Å². The van der Waals surface area contributed by atoms with Gasteiger partial charge in [-0.25, -0.2) is 0 Å². The summed E-state index contributed by atoms with van der Waals surface area (Å²) < 4.78 is 1.82. The van der Waals surface area contributed by atoms with Crippen LogP contribution in [0.25, 0.3) is 11.8 Å². The lowest BCUT2D eigenvalue weighted by molar-refractivity contribution is -0.374. The maximum atomic E-state index is 11.1. The molecule has 2 rings (SSSR count). The van der Waals surface area contributed by atoms with E-state index in [0.717, 1.165) is 13.1 Å². The summed E-state index contributed by atoms with van der Waals surface area (Å²) in [5, 5.41) is 11.1. The van der Waals surface area contributed by atoms with Crippen molar-refractivity contribution in [2.24, 2.45) is 0 Å². The summed E-state index contributed by atoms with van der Waals surface area (Å²) in [6.07, 6.45) is 1.58. The quantitative estimate of drug-likeness (QED) is 0.545. The normalized spacial score (nSPS) is 11.6. The Kier molecular flexibility index (Phi) is 4.31. The van der Waals surface area contributed by atoms with E-state index >= 15 is 0 Å². The molecule has 0 atom stereocenters. The highest BCUT2D eigenvalue weighted by atomic mass is 79.9. The van der Waals surface area contributed by atoms with Gasteiger partial charge in [0.25, 0.3) is 5.70 Å². The maximum absolute atomic E-state index is 11.1. The molecule has 0 unspecified atom stereocenters. The van der Waals surface area contributed by atoms with Gasteiger partial charge < -0.3 is 0 Å². The van der Waals surface area contributed by atoms with Crippen molar-refractivity contribution in [3.63, 3.8) is 0 Å². The number of hydrogen-bond donors (Lipinski definition) is 0. The third-order valence-corrected chi connectivity index (χ3v) is 5.41. The summed E-state index contributed by atoms with van der Waals surface area (Å²) in [6, 6.07) is 10.7. The van der Waals surface area contributed by atoms with Gasteiger partial charge in [0.15, 0.2) is 0 Å². The molecule has 0 aliphatic carbocycles. The zero-order valence-electron chi connectivity index (χ0n) is 8.97. The van der Waals surface area contributed by atoms with Crippen LogP contribution in [0.15, 0.2) is 44.7 Å². The van der Waals surface area contributed by atoms with E-state index in [1.54, 1.807) is 30.3 Å². The third kappa shape index (κ3) is 3.07. The maximum Gasteiger partial charge on any atom is 0.277 e. The summed E-state index contributed by atoms with van der Waals surface area (Å²) in [4.78, 5) is 11.6. The SMILES string of the molecule is O=[N+]([O-])/C(=C/c1cc(Br)c(Br)s1)c1ccccc1. The largest absolute Gasteiger partial charge is 0.277 e. The van der Waals surface area contributed by atoms with Crippen molar-refractivity contribution in [3.05, 3.63) is 65.2 Å². The van der Waals surface area contributed by atoms with Gasteiger partial charge in [0.05, 0.1) is 14.3 Å². The van der Waals surface area contributed by atoms with Crippen molar-refractivity contribution in [2.75, 3.05) is 0 Å². The molecule has 0 aliphatic heterocycles. The highest BCUT2D eigenvalue weighted by molar-refractivity contribution is 9.13. The van der Waals surface area contributed by atoms with Crippen LogP contribution in [0.1, 0.15) is 10.4 Å². The highest BCUT2D eigenvalue weighted by Gasteiger charge is 2.14. The molecule has 1 heterocycles. The van der Waals surface area contributed by atoms with Crippen molar-refractivity contribution < 1.29 is 4.92 Å². The van der Waals surface area contributed by atoms with E-state index < -0.39 is 0 Å². The predicted octanol–water partition coefficient (Wildman–Crippen LogP) is 5.05.